The highest BCUT2D eigenvalue weighted by atomic mass is 32.2. The molecular weight excluding hydrogens is 292 g/mol. The number of hydrogen-bond donors (Lipinski definition) is 1. The number of likely N-dealkylation sites (tertiary alicyclic amines) is 1. The fraction of sp³-hybridized carbons (Fsp3) is 0.857. The molecule has 2 amide bonds. The van der Waals surface area contributed by atoms with Crippen molar-refractivity contribution in [1.29, 1.82) is 0 Å². The Morgan fingerprint density at radius 3 is 2.29 bits per heavy atom. The number of sulfone groups is 1. The normalized spacial score (nSPS) is 26.8. The Morgan fingerprint density at radius 1 is 1.19 bits per heavy atom. The van der Waals surface area contributed by atoms with Crippen molar-refractivity contribution in [3.05, 3.63) is 0 Å². The van der Waals surface area contributed by atoms with Gasteiger partial charge in [-0.3, -0.25) is 14.5 Å². The molecule has 0 aromatic carbocycles. The van der Waals surface area contributed by atoms with E-state index in [1.54, 1.807) is 0 Å². The lowest BCUT2D eigenvalue weighted by molar-refractivity contribution is -0.141. The van der Waals surface area contributed by atoms with Gasteiger partial charge in [-0.1, -0.05) is 13.8 Å². The van der Waals surface area contributed by atoms with Crippen molar-refractivity contribution in [3.8, 4) is 0 Å². The average molecular weight is 316 g/mol. The van der Waals surface area contributed by atoms with Gasteiger partial charge in [0.15, 0.2) is 0 Å². The quantitative estimate of drug-likeness (QED) is 0.745. The molecule has 1 atom stereocenters. The highest BCUT2D eigenvalue weighted by Gasteiger charge is 2.42. The van der Waals surface area contributed by atoms with Crippen molar-refractivity contribution in [2.24, 2.45) is 0 Å². The number of carbonyl (C=O) groups excluding carboxylic acids is 2. The summed E-state index contributed by atoms with van der Waals surface area (Å²) < 4.78 is 22.8. The third-order valence-corrected chi connectivity index (χ3v) is 6.20. The van der Waals surface area contributed by atoms with Gasteiger partial charge in [-0.15, -0.1) is 0 Å². The third kappa shape index (κ3) is 3.63. The van der Waals surface area contributed by atoms with E-state index in [4.69, 9.17) is 0 Å². The Morgan fingerprint density at radius 2 is 1.76 bits per heavy atom. The number of nitrogens with one attached hydrogen (secondary N) is 1. The minimum Gasteiger partial charge on any atom is -0.303 e. The van der Waals surface area contributed by atoms with Gasteiger partial charge in [0.1, 0.15) is 9.84 Å². The number of rotatable bonds is 5. The van der Waals surface area contributed by atoms with Gasteiger partial charge in [0.2, 0.25) is 11.8 Å². The molecule has 0 spiro atoms. The molecule has 2 fully saturated rings. The van der Waals surface area contributed by atoms with Crippen molar-refractivity contribution in [2.75, 3.05) is 11.5 Å². The van der Waals surface area contributed by atoms with E-state index in [1.165, 1.54) is 4.90 Å². The summed E-state index contributed by atoms with van der Waals surface area (Å²) in [6.45, 7) is 3.95. The van der Waals surface area contributed by atoms with Crippen LogP contribution in [0.5, 0.6) is 0 Å². The van der Waals surface area contributed by atoms with Crippen LogP contribution in [0, 0.1) is 0 Å². The van der Waals surface area contributed by atoms with Gasteiger partial charge in [-0.25, -0.2) is 8.42 Å². The maximum absolute atomic E-state index is 12.4. The highest BCUT2D eigenvalue weighted by molar-refractivity contribution is 7.91. The minimum absolute atomic E-state index is 0.0110. The molecule has 2 rings (SSSR count). The Balaban J connectivity index is 1.97. The van der Waals surface area contributed by atoms with Gasteiger partial charge in [-0.05, 0) is 25.7 Å². The van der Waals surface area contributed by atoms with Crippen molar-refractivity contribution >= 4 is 21.7 Å². The van der Waals surface area contributed by atoms with Crippen LogP contribution in [0.3, 0.4) is 0 Å². The largest absolute Gasteiger partial charge is 0.303 e. The highest BCUT2D eigenvalue weighted by Crippen LogP contribution is 2.22. The summed E-state index contributed by atoms with van der Waals surface area (Å²) in [6, 6.07) is -0.496. The zero-order valence-electron chi connectivity index (χ0n) is 12.7. The molecule has 0 aliphatic carbocycles. The summed E-state index contributed by atoms with van der Waals surface area (Å²) >= 11 is 0. The second-order valence-electron chi connectivity index (χ2n) is 5.92. The van der Waals surface area contributed by atoms with Crippen molar-refractivity contribution < 1.29 is 18.0 Å². The summed E-state index contributed by atoms with van der Waals surface area (Å²) in [5.74, 6) is 0.0581. The van der Waals surface area contributed by atoms with Gasteiger partial charge < -0.3 is 5.32 Å². The van der Waals surface area contributed by atoms with E-state index in [1.807, 2.05) is 13.8 Å². The first-order valence-electron chi connectivity index (χ1n) is 7.70. The maximum Gasteiger partial charge on any atom is 0.247 e. The fourth-order valence-electron chi connectivity index (χ4n) is 3.16. The molecule has 2 saturated heterocycles. The van der Waals surface area contributed by atoms with Gasteiger partial charge in [0.05, 0.1) is 24.0 Å². The van der Waals surface area contributed by atoms with E-state index in [0.717, 1.165) is 12.8 Å². The van der Waals surface area contributed by atoms with Crippen LogP contribution in [0.2, 0.25) is 0 Å². The summed E-state index contributed by atoms with van der Waals surface area (Å²) in [5.41, 5.74) is 0. The lowest BCUT2D eigenvalue weighted by atomic mass is 10.1. The summed E-state index contributed by atoms with van der Waals surface area (Å²) in [4.78, 5) is 25.9. The molecule has 0 saturated carbocycles. The number of amides is 2. The lowest BCUT2D eigenvalue weighted by Crippen LogP contribution is -2.48. The minimum atomic E-state index is -2.91. The molecule has 120 valence electrons. The zero-order valence-corrected chi connectivity index (χ0v) is 13.5. The second kappa shape index (κ2) is 6.44. The van der Waals surface area contributed by atoms with Crippen LogP contribution in [0.4, 0.5) is 0 Å². The van der Waals surface area contributed by atoms with E-state index in [-0.39, 0.29) is 41.8 Å². The standard InChI is InChI=1S/C14H24N2O4S/c1-3-11(4-2)16-13(17)9-12(14(16)18)15-10-5-7-21(19,20)8-6-10/h10-12,15H,3-9H2,1-2H3. The summed E-state index contributed by atoms with van der Waals surface area (Å²) in [7, 11) is -2.91. The monoisotopic (exact) mass is 316 g/mol. The maximum atomic E-state index is 12.4. The third-order valence-electron chi connectivity index (χ3n) is 4.48. The number of carbonyl (C=O) groups is 2. The van der Waals surface area contributed by atoms with E-state index in [9.17, 15) is 18.0 Å². The molecule has 0 bridgehead atoms. The lowest BCUT2D eigenvalue weighted by Gasteiger charge is -2.27. The number of hydrogen-bond acceptors (Lipinski definition) is 5. The predicted octanol–water partition coefficient (Wildman–Crippen LogP) is 0.469. The smallest absolute Gasteiger partial charge is 0.247 e. The fourth-order valence-corrected chi connectivity index (χ4v) is 4.65. The molecule has 0 aromatic rings. The van der Waals surface area contributed by atoms with Crippen molar-refractivity contribution in [1.82, 2.24) is 10.2 Å². The van der Waals surface area contributed by atoms with Gasteiger partial charge in [0.25, 0.3) is 0 Å². The molecule has 21 heavy (non-hydrogen) atoms. The van der Waals surface area contributed by atoms with Crippen molar-refractivity contribution in [2.45, 2.75) is 64.1 Å². The molecule has 0 radical (unpaired) electrons. The topological polar surface area (TPSA) is 83.6 Å². The predicted molar refractivity (Wildman–Crippen MR) is 79.4 cm³/mol. The van der Waals surface area contributed by atoms with Crippen LogP contribution < -0.4 is 5.32 Å². The van der Waals surface area contributed by atoms with E-state index in [2.05, 4.69) is 5.32 Å². The molecule has 1 unspecified atom stereocenters. The zero-order chi connectivity index (χ0) is 15.6. The Kier molecular flexibility index (Phi) is 5.03. The molecule has 0 aromatic heterocycles. The molecule has 2 heterocycles. The first kappa shape index (κ1) is 16.4. The summed E-state index contributed by atoms with van der Waals surface area (Å²) in [6.07, 6.45) is 2.76. The Labute approximate surface area is 126 Å². The van der Waals surface area contributed by atoms with Gasteiger partial charge in [-0.2, -0.15) is 0 Å². The number of imide groups is 1. The van der Waals surface area contributed by atoms with Crippen LogP contribution in [0.1, 0.15) is 46.0 Å². The Bertz CT molecular complexity index is 499. The van der Waals surface area contributed by atoms with Gasteiger partial charge >= 0.3 is 0 Å². The van der Waals surface area contributed by atoms with Crippen LogP contribution >= 0.6 is 0 Å². The van der Waals surface area contributed by atoms with Crippen LogP contribution in [0.15, 0.2) is 0 Å². The van der Waals surface area contributed by atoms with Crippen molar-refractivity contribution in [3.63, 3.8) is 0 Å². The van der Waals surface area contributed by atoms with Crippen LogP contribution in [-0.2, 0) is 19.4 Å². The second-order valence-corrected chi connectivity index (χ2v) is 8.23. The molecule has 2 aliphatic heterocycles. The first-order valence-corrected chi connectivity index (χ1v) is 9.52. The van der Waals surface area contributed by atoms with E-state index >= 15 is 0 Å². The summed E-state index contributed by atoms with van der Waals surface area (Å²) in [5, 5.41) is 3.19. The molecular formula is C14H24N2O4S. The SMILES string of the molecule is CCC(CC)N1C(=O)CC(NC2CCS(=O)(=O)CC2)C1=O. The first-order chi connectivity index (χ1) is 9.88. The Hall–Kier alpha value is -0.950. The molecule has 7 heteroatoms. The number of nitrogens with zero attached hydrogens (tertiary/aromatic N) is 1. The molecule has 1 N–H and O–H groups in total. The van der Waals surface area contributed by atoms with Crippen LogP contribution in [0.25, 0.3) is 0 Å². The van der Waals surface area contributed by atoms with E-state index in [0.29, 0.717) is 12.8 Å². The molecule has 6 nitrogen and oxygen atoms in total. The average Bonchev–Trinajstić information content (AvgIpc) is 2.70. The van der Waals surface area contributed by atoms with Crippen LogP contribution in [-0.4, -0.2) is 54.8 Å². The van der Waals surface area contributed by atoms with Gasteiger partial charge in [0, 0.05) is 12.1 Å². The molecule has 2 aliphatic rings. The van der Waals surface area contributed by atoms with E-state index < -0.39 is 15.9 Å².